The highest BCUT2D eigenvalue weighted by molar-refractivity contribution is 6.30. The van der Waals surface area contributed by atoms with Crippen LogP contribution in [0.25, 0.3) is 155 Å². The Morgan fingerprint density at radius 3 is 1.22 bits per heavy atom. The maximum atomic E-state index is 8.76. The van der Waals surface area contributed by atoms with Crippen molar-refractivity contribution in [1.82, 2.24) is 0 Å². The van der Waals surface area contributed by atoms with Crippen LogP contribution >= 0.6 is 0 Å². The van der Waals surface area contributed by atoms with Gasteiger partial charge in [0.05, 0.1) is 60.8 Å². The summed E-state index contributed by atoms with van der Waals surface area (Å²) in [6.45, 7) is 20.3. The Hall–Kier alpha value is -17.2. The Bertz CT molecular complexity index is 9490. The van der Waals surface area contributed by atoms with Gasteiger partial charge in [-0.05, 0) is 279 Å². The Kier molecular flexibility index (Phi) is 17.2. The van der Waals surface area contributed by atoms with Crippen molar-refractivity contribution in [2.24, 2.45) is 0 Å². The Balaban J connectivity index is 0.789. The summed E-state index contributed by atoms with van der Waals surface area (Å²) in [4.78, 5) is 10.1. The molecule has 8 heteroatoms. The van der Waals surface area contributed by atoms with Crippen LogP contribution in [0.4, 0.5) is 68.2 Å². The maximum Gasteiger partial charge on any atom is 0.145 e. The first-order chi connectivity index (χ1) is 69.2. The Morgan fingerprint density at radius 2 is 0.638 bits per heavy atom. The molecule has 8 nitrogen and oxygen atoms in total. The van der Waals surface area contributed by atoms with Crippen molar-refractivity contribution in [2.45, 2.75) is 85.0 Å². The molecule has 141 heavy (non-hydrogen) atoms. The second-order valence-electron chi connectivity index (χ2n) is 40.1. The third kappa shape index (κ3) is 11.0. The van der Waals surface area contributed by atoms with Crippen molar-refractivity contribution in [2.75, 3.05) is 19.6 Å². The van der Waals surface area contributed by atoms with E-state index in [4.69, 9.17) is 17.7 Å². The normalized spacial score (nSPS) is 14.2. The van der Waals surface area contributed by atoms with E-state index in [1.54, 1.807) is 0 Å². The Labute approximate surface area is 817 Å². The van der Waals surface area contributed by atoms with Crippen molar-refractivity contribution in [3.8, 4) is 66.8 Å². The number of furan rings is 4. The molecule has 0 saturated heterocycles. The summed E-state index contributed by atoms with van der Waals surface area (Å²) in [6, 6.07) is 149. The molecule has 4 bridgehead atoms. The van der Waals surface area contributed by atoms with Crippen LogP contribution in [0.3, 0.4) is 0 Å². The van der Waals surface area contributed by atoms with Gasteiger partial charge in [-0.1, -0.05) is 307 Å². The summed E-state index contributed by atoms with van der Waals surface area (Å²) in [5.41, 5.74) is 46.6. The van der Waals surface area contributed by atoms with E-state index in [2.05, 4.69) is 476 Å². The van der Waals surface area contributed by atoms with Gasteiger partial charge in [-0.15, -0.1) is 0 Å². The Morgan fingerprint density at radius 1 is 0.227 bits per heavy atom. The zero-order chi connectivity index (χ0) is 94.0. The highest BCUT2D eigenvalue weighted by Gasteiger charge is 2.59. The van der Waals surface area contributed by atoms with Crippen molar-refractivity contribution in [3.63, 3.8) is 0 Å². The van der Waals surface area contributed by atoms with E-state index >= 15 is 0 Å². The van der Waals surface area contributed by atoms with Gasteiger partial charge in [-0.25, -0.2) is 0 Å². The number of aryl methyl sites for hydroxylation is 5. The maximum absolute atomic E-state index is 8.76. The van der Waals surface area contributed by atoms with Crippen molar-refractivity contribution in [1.29, 1.82) is 0 Å². The molecule has 0 fully saturated rings. The van der Waals surface area contributed by atoms with E-state index in [0.29, 0.717) is 11.8 Å². The van der Waals surface area contributed by atoms with Crippen LogP contribution in [-0.4, -0.2) is 0 Å². The molecule has 5 heterocycles. The van der Waals surface area contributed by atoms with Gasteiger partial charge in [0.1, 0.15) is 44.7 Å². The van der Waals surface area contributed by atoms with Gasteiger partial charge >= 0.3 is 0 Å². The van der Waals surface area contributed by atoms with E-state index < -0.39 is 10.8 Å². The van der Waals surface area contributed by atoms with Gasteiger partial charge in [0, 0.05) is 94.7 Å². The molecular formula is C133H94N4O4. The van der Waals surface area contributed by atoms with Crippen LogP contribution in [0.5, 0.6) is 0 Å². The van der Waals surface area contributed by atoms with Crippen LogP contribution < -0.4 is 19.6 Å². The first-order valence-electron chi connectivity index (χ1n) is 49.5. The van der Waals surface area contributed by atoms with Gasteiger partial charge in [0.15, 0.2) is 0 Å². The van der Waals surface area contributed by atoms with Crippen molar-refractivity contribution < 1.29 is 17.7 Å². The molecule has 24 aromatic rings. The summed E-state index contributed by atoms with van der Waals surface area (Å²) in [6.07, 6.45) is 0. The highest BCUT2D eigenvalue weighted by Crippen LogP contribution is 2.74. The lowest BCUT2D eigenvalue weighted by Crippen LogP contribution is -2.27. The SMILES string of the molecule is Cc1ccc(C)c(N(c2ccccc2C)c2cc3c(c4oc5ccccc5c24)-c2c4cc(c5c2oc2ccccc25)N(c2ccccc2C)c2cc(C)ccc2-c2cccc5c2C34c2cccc(-c3cccc4c3oc3c6c(cc(N(c7ccccc7)c7ccc(C(C)C)cc7)c34)C3(c4ccccc4-c4ccccc43)c3cc(N(c4ccccc4)c4ccc(C(C)C)cc4)c4c(oc7ccccc74)c3-6)c2-5)c1. The number of nitrogens with zero attached hydrogens (tertiary/aromatic N) is 4. The van der Waals surface area contributed by atoms with Crippen LogP contribution in [0.1, 0.15) is 123 Å². The number of rotatable bonds is 13. The number of anilines is 12. The third-order valence-corrected chi connectivity index (χ3v) is 31.8. The van der Waals surface area contributed by atoms with Gasteiger partial charge < -0.3 is 37.3 Å². The molecule has 0 amide bonds. The molecule has 0 saturated carbocycles. The lowest BCUT2D eigenvalue weighted by molar-refractivity contribution is 0.665. The standard InChI is InChI=1S/C133H94N4O4/c1-75(2)82-60-64-86(65-61-82)134(84-35-12-10-13-36-84)110-71-102-122(128-118(110)94-41-20-27-54-114(94)138-128)123-103(132(102)99-49-23-18-39-88(99)89-40-19-24-50-100(89)132)72-111(135(85-37-14-11-15-38-85)87-66-62-83(63-67-87)76(3)4)121-98-48-31-46-93(127(98)141-131(121)123)91-44-32-51-101-117(91)97-47-30-45-92-90-68-58-78(6)70-109(90)137(107-53-26-17-34-80(107)8)113-74-105-125(130-120(113)96-43-22-29-56-116(96)140-130)124-104(133(101,105)126(92)97)73-112(119-95-42-21-28-55-115(95)139-129(119)124)136(106-52-25-16-33-79(106)7)108-69-77(5)57-59-81(108)9/h10-76H,1-9H3. The second kappa shape index (κ2) is 29.9. The molecule has 4 aliphatic carbocycles. The predicted molar refractivity (Wildman–Crippen MR) is 583 cm³/mol. The largest absolute Gasteiger partial charge is 0.455 e. The van der Waals surface area contributed by atoms with Gasteiger partial charge in [0.2, 0.25) is 0 Å². The monoisotopic (exact) mass is 1810 g/mol. The number of hydrogen-bond acceptors (Lipinski definition) is 8. The van der Waals surface area contributed by atoms with Gasteiger partial charge in [-0.3, -0.25) is 0 Å². The fraction of sp³-hybridized carbons (Fsp3) is 0.0977. The van der Waals surface area contributed by atoms with Crippen LogP contribution in [0.15, 0.2) is 412 Å². The zero-order valence-corrected chi connectivity index (χ0v) is 79.6. The number of fused-ring (bicyclic) bond motifs is 28. The van der Waals surface area contributed by atoms with Crippen molar-refractivity contribution in [3.05, 3.63) is 478 Å². The second-order valence-corrected chi connectivity index (χ2v) is 40.1. The molecule has 670 valence electrons. The van der Waals surface area contributed by atoms with Gasteiger partial charge in [0.25, 0.3) is 0 Å². The fourth-order valence-corrected chi connectivity index (χ4v) is 25.7. The number of para-hydroxylation sites is 8. The molecule has 1 unspecified atom stereocenters. The van der Waals surface area contributed by atoms with E-state index in [0.717, 1.165) is 267 Å². The third-order valence-electron chi connectivity index (χ3n) is 31.8. The minimum atomic E-state index is -1.15. The first kappa shape index (κ1) is 81.0. The summed E-state index contributed by atoms with van der Waals surface area (Å²) in [7, 11) is 0. The zero-order valence-electron chi connectivity index (χ0n) is 79.6. The van der Waals surface area contributed by atoms with Crippen LogP contribution in [-0.2, 0) is 10.8 Å². The quantitative estimate of drug-likeness (QED) is 0.113. The van der Waals surface area contributed by atoms with E-state index in [9.17, 15) is 0 Å². The van der Waals surface area contributed by atoms with Crippen LogP contribution in [0.2, 0.25) is 0 Å². The average molecular weight is 1810 g/mol. The summed E-state index contributed by atoms with van der Waals surface area (Å²) >= 11 is 0. The first-order valence-corrected chi connectivity index (χ1v) is 49.5. The fourth-order valence-electron chi connectivity index (χ4n) is 25.7. The van der Waals surface area contributed by atoms with E-state index in [1.807, 2.05) is 0 Å². The van der Waals surface area contributed by atoms with E-state index in [1.165, 1.54) is 38.9 Å². The molecule has 1 aliphatic heterocycles. The topological polar surface area (TPSA) is 65.5 Å². The molecule has 5 aliphatic rings. The molecule has 1 atom stereocenters. The lowest BCUT2D eigenvalue weighted by Gasteiger charge is -2.34. The minimum absolute atomic E-state index is 0.292. The predicted octanol–water partition coefficient (Wildman–Crippen LogP) is 37.3. The number of benzene rings is 20. The molecule has 4 aromatic heterocycles. The lowest BCUT2D eigenvalue weighted by atomic mass is 9.68. The molecule has 20 aromatic carbocycles. The number of hydrogen-bond donors (Lipinski definition) is 0. The minimum Gasteiger partial charge on any atom is -0.455 e. The average Bonchev–Trinajstić information content (AvgIpc) is 1.48. The molecular weight excluding hydrogens is 1720 g/mol. The van der Waals surface area contributed by atoms with Gasteiger partial charge in [-0.2, -0.15) is 0 Å². The summed E-state index contributed by atoms with van der Waals surface area (Å²) in [5.74, 6) is 0.619. The summed E-state index contributed by atoms with van der Waals surface area (Å²) < 4.78 is 32.6. The van der Waals surface area contributed by atoms with E-state index in [-0.39, 0.29) is 0 Å². The molecule has 0 N–H and O–H groups in total. The molecule has 29 rings (SSSR count). The van der Waals surface area contributed by atoms with Crippen LogP contribution in [0, 0.1) is 34.6 Å². The van der Waals surface area contributed by atoms with Crippen molar-refractivity contribution >= 4 is 156 Å². The highest BCUT2D eigenvalue weighted by atomic mass is 16.3. The smallest absolute Gasteiger partial charge is 0.145 e. The molecule has 0 radical (unpaired) electrons. The summed E-state index contributed by atoms with van der Waals surface area (Å²) in [5, 5.41) is 8.03. The molecule has 2 spiro atoms.